The summed E-state index contributed by atoms with van der Waals surface area (Å²) in [6.45, 7) is 6.74. The van der Waals surface area contributed by atoms with Crippen molar-refractivity contribution in [2.24, 2.45) is 0 Å². The van der Waals surface area contributed by atoms with Crippen molar-refractivity contribution in [1.29, 1.82) is 0 Å². The fraction of sp³-hybridized carbons (Fsp3) is 0.440. The van der Waals surface area contributed by atoms with Crippen LogP contribution in [0.25, 0.3) is 11.1 Å². The first-order valence-corrected chi connectivity index (χ1v) is 10.8. The summed E-state index contributed by atoms with van der Waals surface area (Å²) in [5.74, 6) is -0.378. The Labute approximate surface area is 189 Å². The van der Waals surface area contributed by atoms with Crippen molar-refractivity contribution in [1.82, 2.24) is 10.6 Å². The lowest BCUT2D eigenvalue weighted by Gasteiger charge is -2.25. The van der Waals surface area contributed by atoms with Crippen LogP contribution in [0.1, 0.15) is 37.8 Å². The first-order valence-electron chi connectivity index (χ1n) is 10.8. The second-order valence-electron chi connectivity index (χ2n) is 8.80. The van der Waals surface area contributed by atoms with E-state index < -0.39 is 6.09 Å². The van der Waals surface area contributed by atoms with Gasteiger partial charge in [0.05, 0.1) is 31.9 Å². The number of carbonyl (C=O) groups excluding carboxylic acids is 2. The highest BCUT2D eigenvalue weighted by molar-refractivity contribution is 5.79. The molecule has 0 saturated heterocycles. The SMILES string of the molecule is COC(=O)CNC[C@H](COC(C)(C)C)NC(=O)OCC1c2ccccc2-c2ccccc21. The van der Waals surface area contributed by atoms with Gasteiger partial charge in [0.25, 0.3) is 0 Å². The van der Waals surface area contributed by atoms with Crippen molar-refractivity contribution < 1.29 is 23.8 Å². The molecule has 0 spiro atoms. The van der Waals surface area contributed by atoms with Crippen LogP contribution in [0.3, 0.4) is 0 Å². The minimum absolute atomic E-state index is 0.00475. The van der Waals surface area contributed by atoms with Gasteiger partial charge in [-0.3, -0.25) is 4.79 Å². The summed E-state index contributed by atoms with van der Waals surface area (Å²) in [6.07, 6.45) is -0.519. The van der Waals surface area contributed by atoms with E-state index in [0.717, 1.165) is 11.1 Å². The predicted molar refractivity (Wildman–Crippen MR) is 123 cm³/mol. The molecule has 7 heteroatoms. The number of carbonyl (C=O) groups is 2. The fourth-order valence-electron chi connectivity index (χ4n) is 3.73. The molecule has 172 valence electrons. The molecule has 2 aromatic carbocycles. The Bertz CT molecular complexity index is 892. The largest absolute Gasteiger partial charge is 0.468 e. The molecular formula is C25H32N2O5. The minimum Gasteiger partial charge on any atom is -0.468 e. The monoisotopic (exact) mass is 440 g/mol. The molecule has 2 N–H and O–H groups in total. The molecule has 1 amide bonds. The molecular weight excluding hydrogens is 408 g/mol. The first kappa shape index (κ1) is 23.8. The number of amides is 1. The Hall–Kier alpha value is -2.90. The van der Waals surface area contributed by atoms with Gasteiger partial charge in [-0.1, -0.05) is 48.5 Å². The number of methoxy groups -OCH3 is 1. The average Bonchev–Trinajstić information content (AvgIpc) is 3.09. The summed E-state index contributed by atoms with van der Waals surface area (Å²) in [6, 6.07) is 16.0. The van der Waals surface area contributed by atoms with Gasteiger partial charge >= 0.3 is 12.1 Å². The van der Waals surface area contributed by atoms with E-state index in [0.29, 0.717) is 6.54 Å². The second kappa shape index (κ2) is 10.6. The summed E-state index contributed by atoms with van der Waals surface area (Å²) < 4.78 is 16.1. The van der Waals surface area contributed by atoms with E-state index in [9.17, 15) is 9.59 Å². The number of rotatable bonds is 9. The van der Waals surface area contributed by atoms with Gasteiger partial charge in [0.1, 0.15) is 6.61 Å². The molecule has 1 atom stereocenters. The van der Waals surface area contributed by atoms with Gasteiger partial charge < -0.3 is 24.8 Å². The van der Waals surface area contributed by atoms with Crippen molar-refractivity contribution in [3.8, 4) is 11.1 Å². The molecule has 0 radical (unpaired) electrons. The van der Waals surface area contributed by atoms with Crippen LogP contribution in [-0.2, 0) is 19.0 Å². The number of hydrogen-bond donors (Lipinski definition) is 2. The maximum Gasteiger partial charge on any atom is 0.407 e. The van der Waals surface area contributed by atoms with Crippen molar-refractivity contribution >= 4 is 12.1 Å². The number of benzene rings is 2. The van der Waals surface area contributed by atoms with E-state index in [1.54, 1.807) is 0 Å². The molecule has 7 nitrogen and oxygen atoms in total. The minimum atomic E-state index is -0.519. The van der Waals surface area contributed by atoms with E-state index >= 15 is 0 Å². The van der Waals surface area contributed by atoms with Crippen LogP contribution >= 0.6 is 0 Å². The zero-order valence-electron chi connectivity index (χ0n) is 19.1. The molecule has 0 aliphatic heterocycles. The van der Waals surface area contributed by atoms with Gasteiger partial charge in [-0.25, -0.2) is 4.79 Å². The first-order chi connectivity index (χ1) is 15.3. The van der Waals surface area contributed by atoms with E-state index in [2.05, 4.69) is 39.6 Å². The van der Waals surface area contributed by atoms with Crippen LogP contribution in [0.5, 0.6) is 0 Å². The molecule has 0 heterocycles. The maximum atomic E-state index is 12.6. The molecule has 1 aliphatic carbocycles. The van der Waals surface area contributed by atoms with Crippen molar-refractivity contribution in [3.05, 3.63) is 59.7 Å². The quantitative estimate of drug-likeness (QED) is 0.581. The molecule has 0 bridgehead atoms. The van der Waals surface area contributed by atoms with Crippen LogP contribution in [0.2, 0.25) is 0 Å². The molecule has 0 aromatic heterocycles. The Balaban J connectivity index is 1.60. The summed E-state index contributed by atoms with van der Waals surface area (Å²) in [4.78, 5) is 24.0. The highest BCUT2D eigenvalue weighted by Gasteiger charge is 2.29. The zero-order chi connectivity index (χ0) is 23.1. The third kappa shape index (κ3) is 6.31. The highest BCUT2D eigenvalue weighted by atomic mass is 16.6. The van der Waals surface area contributed by atoms with Crippen LogP contribution in [0, 0.1) is 0 Å². The number of nitrogens with one attached hydrogen (secondary N) is 2. The lowest BCUT2D eigenvalue weighted by atomic mass is 9.98. The predicted octanol–water partition coefficient (Wildman–Crippen LogP) is 3.47. The van der Waals surface area contributed by atoms with Crippen LogP contribution < -0.4 is 10.6 Å². The van der Waals surface area contributed by atoms with Gasteiger partial charge in [0.15, 0.2) is 0 Å². The topological polar surface area (TPSA) is 85.9 Å². The smallest absolute Gasteiger partial charge is 0.407 e. The third-order valence-corrected chi connectivity index (χ3v) is 5.27. The standard InChI is InChI=1S/C25H32N2O5/c1-25(2,3)32-15-17(13-26-14-23(28)30-4)27-24(29)31-16-22-20-11-7-5-9-18(20)19-10-6-8-12-21(19)22/h5-12,17,22,26H,13-16H2,1-4H3,(H,27,29)/t17-/m1/s1. The van der Waals surface area contributed by atoms with Crippen LogP contribution in [-0.4, -0.2) is 57.1 Å². The van der Waals surface area contributed by atoms with E-state index in [1.165, 1.54) is 18.2 Å². The molecule has 0 fully saturated rings. The van der Waals surface area contributed by atoms with Crippen molar-refractivity contribution in [2.45, 2.75) is 38.3 Å². The number of ether oxygens (including phenoxy) is 3. The van der Waals surface area contributed by atoms with Crippen LogP contribution in [0.15, 0.2) is 48.5 Å². The number of esters is 1. The molecule has 1 aliphatic rings. The Morgan fingerprint density at radius 2 is 1.59 bits per heavy atom. The highest BCUT2D eigenvalue weighted by Crippen LogP contribution is 2.44. The Morgan fingerprint density at radius 1 is 1.00 bits per heavy atom. The lowest BCUT2D eigenvalue weighted by Crippen LogP contribution is -2.47. The molecule has 32 heavy (non-hydrogen) atoms. The molecule has 0 unspecified atom stereocenters. The number of alkyl carbamates (subject to hydrolysis) is 1. The Morgan fingerprint density at radius 3 is 2.16 bits per heavy atom. The van der Waals surface area contributed by atoms with Crippen molar-refractivity contribution in [3.63, 3.8) is 0 Å². The van der Waals surface area contributed by atoms with Crippen molar-refractivity contribution in [2.75, 3.05) is 33.4 Å². The number of fused-ring (bicyclic) bond motifs is 3. The average molecular weight is 441 g/mol. The van der Waals surface area contributed by atoms with Gasteiger partial charge in [0.2, 0.25) is 0 Å². The maximum absolute atomic E-state index is 12.6. The Kier molecular flexibility index (Phi) is 7.88. The molecule has 3 rings (SSSR count). The fourth-order valence-corrected chi connectivity index (χ4v) is 3.73. The van der Waals surface area contributed by atoms with E-state index in [1.807, 2.05) is 45.0 Å². The zero-order valence-corrected chi connectivity index (χ0v) is 19.1. The van der Waals surface area contributed by atoms with Crippen LogP contribution in [0.4, 0.5) is 4.79 Å². The van der Waals surface area contributed by atoms with Gasteiger partial charge in [-0.2, -0.15) is 0 Å². The van der Waals surface area contributed by atoms with E-state index in [4.69, 9.17) is 9.47 Å². The normalized spacial score (nSPS) is 13.8. The van der Waals surface area contributed by atoms with Gasteiger partial charge in [-0.15, -0.1) is 0 Å². The number of hydrogen-bond acceptors (Lipinski definition) is 6. The molecule has 0 saturated carbocycles. The van der Waals surface area contributed by atoms with E-state index in [-0.39, 0.29) is 43.3 Å². The lowest BCUT2D eigenvalue weighted by molar-refractivity contribution is -0.139. The second-order valence-corrected chi connectivity index (χ2v) is 8.80. The third-order valence-electron chi connectivity index (χ3n) is 5.27. The summed E-state index contributed by atoms with van der Waals surface area (Å²) in [5, 5.41) is 5.83. The van der Waals surface area contributed by atoms with Gasteiger partial charge in [-0.05, 0) is 43.0 Å². The summed E-state index contributed by atoms with van der Waals surface area (Å²) in [7, 11) is 1.33. The summed E-state index contributed by atoms with van der Waals surface area (Å²) >= 11 is 0. The molecule has 2 aromatic rings. The summed E-state index contributed by atoms with van der Waals surface area (Å²) in [5.41, 5.74) is 4.33. The van der Waals surface area contributed by atoms with Gasteiger partial charge in [0, 0.05) is 12.5 Å².